The first-order chi connectivity index (χ1) is 10.7. The molecule has 0 aliphatic carbocycles. The third-order valence-corrected chi connectivity index (χ3v) is 5.35. The van der Waals surface area contributed by atoms with Crippen LogP contribution in [0.4, 0.5) is 0 Å². The molecule has 2 rings (SSSR count). The fraction of sp³-hybridized carbons (Fsp3) is 0.556. The summed E-state index contributed by atoms with van der Waals surface area (Å²) in [7, 11) is 3.48. The molecule has 0 unspecified atom stereocenters. The zero-order valence-corrected chi connectivity index (χ0v) is 15.4. The van der Waals surface area contributed by atoms with E-state index in [4.69, 9.17) is 0 Å². The van der Waals surface area contributed by atoms with Crippen molar-refractivity contribution in [2.75, 3.05) is 26.4 Å². The van der Waals surface area contributed by atoms with Gasteiger partial charge in [0.1, 0.15) is 5.37 Å². The maximum Gasteiger partial charge on any atom is 0.233 e. The average molecular weight is 334 g/mol. The van der Waals surface area contributed by atoms with Crippen LogP contribution in [-0.4, -0.2) is 48.0 Å². The number of hydrogen-bond donors (Lipinski definition) is 0. The van der Waals surface area contributed by atoms with E-state index in [-0.39, 0.29) is 22.6 Å². The van der Waals surface area contributed by atoms with Crippen molar-refractivity contribution in [3.8, 4) is 0 Å². The third-order valence-electron chi connectivity index (χ3n) is 4.10. The van der Waals surface area contributed by atoms with Crippen molar-refractivity contribution in [3.05, 3.63) is 35.4 Å². The topological polar surface area (TPSA) is 40.6 Å². The van der Waals surface area contributed by atoms with Crippen molar-refractivity contribution in [1.29, 1.82) is 0 Å². The number of rotatable bonds is 4. The summed E-state index contributed by atoms with van der Waals surface area (Å²) in [5, 5.41) is 0.0199. The van der Waals surface area contributed by atoms with Gasteiger partial charge in [0.25, 0.3) is 0 Å². The van der Waals surface area contributed by atoms with Gasteiger partial charge in [0.15, 0.2) is 0 Å². The predicted octanol–water partition coefficient (Wildman–Crippen LogP) is 3.04. The number of carbonyl (C=O) groups is 2. The molecule has 126 valence electrons. The molecule has 0 spiro atoms. The summed E-state index contributed by atoms with van der Waals surface area (Å²) >= 11 is 1.64. The maximum absolute atomic E-state index is 12.1. The van der Waals surface area contributed by atoms with E-state index in [1.165, 1.54) is 5.56 Å². The van der Waals surface area contributed by atoms with Gasteiger partial charge in [-0.05, 0) is 16.5 Å². The normalized spacial score (nSPS) is 18.4. The number of benzene rings is 1. The Morgan fingerprint density at radius 3 is 2.39 bits per heavy atom. The highest BCUT2D eigenvalue weighted by molar-refractivity contribution is 8.00. The summed E-state index contributed by atoms with van der Waals surface area (Å²) in [6.45, 7) is 7.05. The van der Waals surface area contributed by atoms with Crippen molar-refractivity contribution in [2.24, 2.45) is 0 Å². The molecule has 1 aromatic carbocycles. The zero-order valence-electron chi connectivity index (χ0n) is 14.6. The Kier molecular flexibility index (Phi) is 5.40. The van der Waals surface area contributed by atoms with Crippen LogP contribution in [0.25, 0.3) is 0 Å². The third kappa shape index (κ3) is 4.28. The smallest absolute Gasteiger partial charge is 0.233 e. The zero-order chi connectivity index (χ0) is 17.2. The van der Waals surface area contributed by atoms with Crippen molar-refractivity contribution in [1.82, 2.24) is 9.80 Å². The SMILES string of the molecule is CN(C)C(=O)CCN1C(=O)CS[C@@H]1c1ccc(C(C)(C)C)cc1. The number of thioether (sulfide) groups is 1. The second kappa shape index (κ2) is 6.95. The summed E-state index contributed by atoms with van der Waals surface area (Å²) in [5.41, 5.74) is 2.53. The molecule has 1 atom stereocenters. The molecular weight excluding hydrogens is 308 g/mol. The highest BCUT2D eigenvalue weighted by atomic mass is 32.2. The summed E-state index contributed by atoms with van der Waals surface area (Å²) in [6.07, 6.45) is 0.371. The molecule has 0 aromatic heterocycles. The summed E-state index contributed by atoms with van der Waals surface area (Å²) in [4.78, 5) is 27.3. The van der Waals surface area contributed by atoms with Gasteiger partial charge in [0.2, 0.25) is 11.8 Å². The minimum Gasteiger partial charge on any atom is -0.349 e. The molecule has 1 aliphatic rings. The van der Waals surface area contributed by atoms with Crippen LogP contribution < -0.4 is 0 Å². The minimum atomic E-state index is 0.0199. The predicted molar refractivity (Wildman–Crippen MR) is 95.4 cm³/mol. The fourth-order valence-electron chi connectivity index (χ4n) is 2.56. The van der Waals surface area contributed by atoms with E-state index < -0.39 is 0 Å². The Hall–Kier alpha value is -1.49. The minimum absolute atomic E-state index is 0.0199. The average Bonchev–Trinajstić information content (AvgIpc) is 2.85. The standard InChI is InChI=1S/C18H26N2O2S/c1-18(2,3)14-8-6-13(7-9-14)17-20(16(22)12-23-17)11-10-15(21)19(4)5/h6-9,17H,10-12H2,1-5H3/t17-/m1/s1. The van der Waals surface area contributed by atoms with Gasteiger partial charge in [-0.25, -0.2) is 0 Å². The van der Waals surface area contributed by atoms with Gasteiger partial charge in [-0.15, -0.1) is 11.8 Å². The van der Waals surface area contributed by atoms with Gasteiger partial charge in [0.05, 0.1) is 5.75 Å². The largest absolute Gasteiger partial charge is 0.349 e. The molecule has 1 heterocycles. The van der Waals surface area contributed by atoms with E-state index in [1.54, 1.807) is 30.8 Å². The fourth-order valence-corrected chi connectivity index (χ4v) is 3.78. The lowest BCUT2D eigenvalue weighted by Gasteiger charge is -2.26. The number of hydrogen-bond acceptors (Lipinski definition) is 3. The van der Waals surface area contributed by atoms with Crippen LogP contribution in [-0.2, 0) is 15.0 Å². The Bertz CT molecular complexity index is 576. The van der Waals surface area contributed by atoms with Gasteiger partial charge in [-0.1, -0.05) is 45.0 Å². The van der Waals surface area contributed by atoms with Crippen LogP contribution in [0.15, 0.2) is 24.3 Å². The van der Waals surface area contributed by atoms with Crippen molar-refractivity contribution < 1.29 is 9.59 Å². The van der Waals surface area contributed by atoms with Crippen LogP contribution in [0.3, 0.4) is 0 Å². The quantitative estimate of drug-likeness (QED) is 0.850. The van der Waals surface area contributed by atoms with Crippen LogP contribution in [0, 0.1) is 0 Å². The monoisotopic (exact) mass is 334 g/mol. The van der Waals surface area contributed by atoms with E-state index in [1.807, 2.05) is 4.90 Å². The summed E-state index contributed by atoms with van der Waals surface area (Å²) in [5.74, 6) is 0.657. The van der Waals surface area contributed by atoms with Gasteiger partial charge < -0.3 is 9.80 Å². The van der Waals surface area contributed by atoms with Crippen molar-refractivity contribution in [2.45, 2.75) is 38.0 Å². The molecule has 1 aliphatic heterocycles. The molecule has 1 saturated heterocycles. The van der Waals surface area contributed by atoms with E-state index in [0.29, 0.717) is 18.7 Å². The first-order valence-electron chi connectivity index (χ1n) is 7.92. The molecule has 0 N–H and O–H groups in total. The van der Waals surface area contributed by atoms with Gasteiger partial charge in [-0.2, -0.15) is 0 Å². The van der Waals surface area contributed by atoms with Crippen molar-refractivity contribution >= 4 is 23.6 Å². The van der Waals surface area contributed by atoms with E-state index in [0.717, 1.165) is 5.56 Å². The second-order valence-corrected chi connectivity index (χ2v) is 8.23. The van der Waals surface area contributed by atoms with Crippen LogP contribution >= 0.6 is 11.8 Å². The lowest BCUT2D eigenvalue weighted by atomic mass is 9.86. The molecule has 1 aromatic rings. The maximum atomic E-state index is 12.1. The Morgan fingerprint density at radius 1 is 1.26 bits per heavy atom. The molecular formula is C18H26N2O2S. The molecule has 4 nitrogen and oxygen atoms in total. The summed E-state index contributed by atoms with van der Waals surface area (Å²) < 4.78 is 0. The number of amides is 2. The Morgan fingerprint density at radius 2 is 1.87 bits per heavy atom. The van der Waals surface area contributed by atoms with E-state index in [9.17, 15) is 9.59 Å². The number of carbonyl (C=O) groups excluding carboxylic acids is 2. The molecule has 2 amide bonds. The Balaban J connectivity index is 2.11. The lowest BCUT2D eigenvalue weighted by molar-refractivity contribution is -0.131. The Labute approximate surface area is 143 Å². The van der Waals surface area contributed by atoms with Crippen LogP contribution in [0.1, 0.15) is 43.7 Å². The molecule has 1 fully saturated rings. The van der Waals surface area contributed by atoms with Crippen molar-refractivity contribution in [3.63, 3.8) is 0 Å². The van der Waals surface area contributed by atoms with Crippen LogP contribution in [0.5, 0.6) is 0 Å². The molecule has 5 heteroatoms. The van der Waals surface area contributed by atoms with E-state index in [2.05, 4.69) is 45.0 Å². The molecule has 0 bridgehead atoms. The molecule has 23 heavy (non-hydrogen) atoms. The van der Waals surface area contributed by atoms with Gasteiger partial charge >= 0.3 is 0 Å². The summed E-state index contributed by atoms with van der Waals surface area (Å²) in [6, 6.07) is 8.50. The van der Waals surface area contributed by atoms with E-state index >= 15 is 0 Å². The lowest BCUT2D eigenvalue weighted by Crippen LogP contribution is -2.33. The first kappa shape index (κ1) is 17.9. The molecule has 0 saturated carbocycles. The highest BCUT2D eigenvalue weighted by Crippen LogP contribution is 2.39. The number of nitrogens with zero attached hydrogens (tertiary/aromatic N) is 2. The first-order valence-corrected chi connectivity index (χ1v) is 8.96. The van der Waals surface area contributed by atoms with Gasteiger partial charge in [0, 0.05) is 27.1 Å². The van der Waals surface area contributed by atoms with Gasteiger partial charge in [-0.3, -0.25) is 9.59 Å². The highest BCUT2D eigenvalue weighted by Gasteiger charge is 2.33. The molecule has 0 radical (unpaired) electrons. The van der Waals surface area contributed by atoms with Crippen LogP contribution in [0.2, 0.25) is 0 Å². The second-order valence-electron chi connectivity index (χ2n) is 7.16.